The van der Waals surface area contributed by atoms with Crippen molar-refractivity contribution < 1.29 is 29.7 Å². The lowest BCUT2D eigenvalue weighted by Crippen LogP contribution is -2.43. The SMILES string of the molecule is Cc1ncc2c(c1C(CCC(C)O/N=[N+](\O)N(C)C(C)(C)C)C(=O)O)COC2c1ccc(Cl)cc1. The number of hydrogen-bond acceptors (Lipinski definition) is 5. The molecule has 2 N–H and O–H groups in total. The molecule has 1 aromatic heterocycles. The van der Waals surface area contributed by atoms with E-state index in [0.717, 1.165) is 16.7 Å². The van der Waals surface area contributed by atoms with Gasteiger partial charge in [0.1, 0.15) is 12.2 Å². The van der Waals surface area contributed by atoms with Crippen LogP contribution in [0.1, 0.15) is 80.5 Å². The number of ether oxygens (including phenoxy) is 1. The van der Waals surface area contributed by atoms with Gasteiger partial charge in [0.2, 0.25) is 0 Å². The van der Waals surface area contributed by atoms with Crippen LogP contribution < -0.4 is 0 Å². The van der Waals surface area contributed by atoms with E-state index in [-0.39, 0.29) is 11.6 Å². The Morgan fingerprint density at radius 3 is 2.60 bits per heavy atom. The van der Waals surface area contributed by atoms with Crippen LogP contribution in [0.3, 0.4) is 0 Å². The van der Waals surface area contributed by atoms with E-state index in [1.165, 1.54) is 5.01 Å². The van der Waals surface area contributed by atoms with Crippen molar-refractivity contribution in [2.75, 3.05) is 7.05 Å². The van der Waals surface area contributed by atoms with Gasteiger partial charge in [-0.15, -0.1) is 5.01 Å². The molecule has 0 fully saturated rings. The van der Waals surface area contributed by atoms with Crippen LogP contribution in [0.15, 0.2) is 35.7 Å². The summed E-state index contributed by atoms with van der Waals surface area (Å²) in [4.78, 5) is 22.9. The maximum Gasteiger partial charge on any atom is 0.311 e. The zero-order valence-corrected chi connectivity index (χ0v) is 21.8. The molecule has 190 valence electrons. The lowest BCUT2D eigenvalue weighted by atomic mass is 9.86. The van der Waals surface area contributed by atoms with E-state index in [1.54, 1.807) is 32.3 Å². The van der Waals surface area contributed by atoms with Gasteiger partial charge in [0.25, 0.3) is 10.2 Å². The standard InChI is InChI=1S/C25H33ClN4O5/c1-15(35-28-30(33)29(6)25(3,4)5)7-12-19(24(31)32)22-16(2)27-13-20-21(22)14-34-23(20)17-8-10-18(26)11-9-17/h8-11,13,15,19,23H,7,12,14H2,1-6H3,(H-,28,31,32,33)/p+1. The number of benzene rings is 1. The van der Waals surface area contributed by atoms with Gasteiger partial charge in [-0.2, -0.15) is 0 Å². The third-order valence-corrected chi connectivity index (χ3v) is 6.61. The number of aromatic nitrogens is 1. The normalized spacial score (nSPS) is 17.6. The lowest BCUT2D eigenvalue weighted by Gasteiger charge is -2.22. The Labute approximate surface area is 210 Å². The number of carbonyl (C=O) groups is 1. The minimum Gasteiger partial charge on any atom is -0.481 e. The molecule has 0 saturated heterocycles. The second kappa shape index (κ2) is 10.8. The first kappa shape index (κ1) is 26.7. The summed E-state index contributed by atoms with van der Waals surface area (Å²) in [6.07, 6.45) is 1.77. The van der Waals surface area contributed by atoms with E-state index < -0.39 is 18.0 Å². The Morgan fingerprint density at radius 2 is 2.00 bits per heavy atom. The maximum absolute atomic E-state index is 12.3. The van der Waals surface area contributed by atoms with Crippen LogP contribution in [-0.2, 0) is 21.0 Å². The molecule has 2 heterocycles. The van der Waals surface area contributed by atoms with E-state index in [1.807, 2.05) is 39.8 Å². The van der Waals surface area contributed by atoms with Crippen molar-refractivity contribution in [1.29, 1.82) is 0 Å². The molecule has 3 rings (SSSR count). The Hall–Kier alpha value is -2.91. The summed E-state index contributed by atoms with van der Waals surface area (Å²) in [7, 11) is 1.68. The van der Waals surface area contributed by atoms with Gasteiger partial charge in [0, 0.05) is 22.5 Å². The second-order valence-corrected chi connectivity index (χ2v) is 10.3. The van der Waals surface area contributed by atoms with E-state index in [0.29, 0.717) is 40.7 Å². The summed E-state index contributed by atoms with van der Waals surface area (Å²) in [6, 6.07) is 7.42. The molecular formula is C25H34ClN4O5+. The minimum absolute atomic E-state index is 0.311. The molecule has 35 heavy (non-hydrogen) atoms. The van der Waals surface area contributed by atoms with E-state index in [4.69, 9.17) is 21.2 Å². The summed E-state index contributed by atoms with van der Waals surface area (Å²) in [6.45, 7) is 9.68. The Bertz CT molecular complexity index is 1080. The fourth-order valence-electron chi connectivity index (χ4n) is 4.00. The van der Waals surface area contributed by atoms with Crippen LogP contribution in [0.2, 0.25) is 5.02 Å². The third-order valence-electron chi connectivity index (χ3n) is 6.36. The van der Waals surface area contributed by atoms with E-state index in [2.05, 4.69) is 10.3 Å². The number of hydrazine groups is 1. The molecule has 0 saturated carbocycles. The van der Waals surface area contributed by atoms with Crippen LogP contribution in [0.4, 0.5) is 0 Å². The highest BCUT2D eigenvalue weighted by atomic mass is 35.5. The van der Waals surface area contributed by atoms with Crippen LogP contribution in [0.5, 0.6) is 0 Å². The molecule has 1 aliphatic heterocycles. The number of hydrogen-bond donors (Lipinski definition) is 2. The van der Waals surface area contributed by atoms with E-state index >= 15 is 0 Å². The zero-order chi connectivity index (χ0) is 25.9. The van der Waals surface area contributed by atoms with Gasteiger partial charge in [0.15, 0.2) is 0 Å². The first-order valence-corrected chi connectivity index (χ1v) is 12.0. The number of pyridine rings is 1. The Kier molecular flexibility index (Phi) is 8.22. The zero-order valence-electron chi connectivity index (χ0n) is 21.0. The summed E-state index contributed by atoms with van der Waals surface area (Å²) in [5, 5.41) is 26.0. The predicted molar refractivity (Wildman–Crippen MR) is 129 cm³/mol. The van der Waals surface area contributed by atoms with Crippen molar-refractivity contribution in [3.05, 3.63) is 63.4 Å². The molecule has 2 aromatic rings. The molecule has 3 atom stereocenters. The highest BCUT2D eigenvalue weighted by molar-refractivity contribution is 6.30. The summed E-state index contributed by atoms with van der Waals surface area (Å²) in [5.41, 5.74) is 3.68. The van der Waals surface area contributed by atoms with Crippen molar-refractivity contribution in [1.82, 2.24) is 9.99 Å². The predicted octanol–water partition coefficient (Wildman–Crippen LogP) is 5.43. The molecule has 0 bridgehead atoms. The minimum atomic E-state index is -0.932. The highest BCUT2D eigenvalue weighted by Crippen LogP contribution is 2.41. The van der Waals surface area contributed by atoms with E-state index in [9.17, 15) is 15.1 Å². The fraction of sp³-hybridized carbons (Fsp3) is 0.520. The average Bonchev–Trinajstić information content (AvgIpc) is 3.22. The third kappa shape index (κ3) is 6.21. The van der Waals surface area contributed by atoms with Crippen molar-refractivity contribution in [2.24, 2.45) is 5.28 Å². The molecule has 10 heteroatoms. The van der Waals surface area contributed by atoms with Crippen LogP contribution in [-0.4, -0.2) is 49.9 Å². The molecule has 1 aliphatic rings. The van der Waals surface area contributed by atoms with Crippen molar-refractivity contribution in [2.45, 2.75) is 77.7 Å². The van der Waals surface area contributed by atoms with Crippen molar-refractivity contribution >= 4 is 17.6 Å². The Balaban J connectivity index is 1.77. The summed E-state index contributed by atoms with van der Waals surface area (Å²) < 4.78 is 6.06. The van der Waals surface area contributed by atoms with Gasteiger partial charge < -0.3 is 14.7 Å². The smallest absolute Gasteiger partial charge is 0.311 e. The number of nitrogens with zero attached hydrogens (tertiary/aromatic N) is 4. The molecular weight excluding hydrogens is 472 g/mol. The number of rotatable bonds is 9. The Morgan fingerprint density at radius 1 is 1.34 bits per heavy atom. The van der Waals surface area contributed by atoms with Gasteiger partial charge in [0.05, 0.1) is 25.1 Å². The molecule has 9 nitrogen and oxygen atoms in total. The number of aryl methyl sites for hydroxylation is 1. The molecule has 1 aromatic carbocycles. The molecule has 0 spiro atoms. The van der Waals surface area contributed by atoms with Gasteiger partial charge in [-0.25, -0.2) is 5.21 Å². The van der Waals surface area contributed by atoms with Gasteiger partial charge in [-0.3, -0.25) is 9.78 Å². The molecule has 0 amide bonds. The van der Waals surface area contributed by atoms with Gasteiger partial charge in [-0.05, 0) is 76.3 Å². The topological polar surface area (TPSA) is 107 Å². The number of aliphatic carboxylic acids is 1. The molecule has 0 radical (unpaired) electrons. The largest absolute Gasteiger partial charge is 0.481 e. The highest BCUT2D eigenvalue weighted by Gasteiger charge is 2.34. The van der Waals surface area contributed by atoms with Gasteiger partial charge in [-0.1, -0.05) is 23.7 Å². The summed E-state index contributed by atoms with van der Waals surface area (Å²) in [5.74, 6) is -1.71. The number of halogens is 1. The molecule has 0 aliphatic carbocycles. The number of carboxylic acids is 1. The quantitative estimate of drug-likeness (QED) is 0.266. The molecule has 3 unspecified atom stereocenters. The summed E-state index contributed by atoms with van der Waals surface area (Å²) >= 11 is 6.02. The monoisotopic (exact) mass is 505 g/mol. The first-order valence-electron chi connectivity index (χ1n) is 11.6. The lowest BCUT2D eigenvalue weighted by molar-refractivity contribution is -0.946. The maximum atomic E-state index is 12.3. The first-order chi connectivity index (χ1) is 16.4. The van der Waals surface area contributed by atoms with Crippen LogP contribution >= 0.6 is 11.6 Å². The fourth-order valence-corrected chi connectivity index (χ4v) is 4.12. The number of carboxylic acid groups (broad SMARTS) is 1. The second-order valence-electron chi connectivity index (χ2n) is 9.86. The van der Waals surface area contributed by atoms with Crippen LogP contribution in [0.25, 0.3) is 0 Å². The average molecular weight is 506 g/mol. The van der Waals surface area contributed by atoms with Crippen LogP contribution in [0, 0.1) is 6.92 Å². The van der Waals surface area contributed by atoms with Crippen molar-refractivity contribution in [3.63, 3.8) is 0 Å². The van der Waals surface area contributed by atoms with Gasteiger partial charge >= 0.3 is 5.97 Å². The van der Waals surface area contributed by atoms with Crippen molar-refractivity contribution in [3.8, 4) is 0 Å². The number of fused-ring (bicyclic) bond motifs is 1.